The van der Waals surface area contributed by atoms with Gasteiger partial charge in [0.25, 0.3) is 5.92 Å². The molecule has 2 atom stereocenters. The first kappa shape index (κ1) is 22.9. The zero-order valence-corrected chi connectivity index (χ0v) is 18.0. The van der Waals surface area contributed by atoms with Crippen molar-refractivity contribution in [1.82, 2.24) is 15.2 Å². The van der Waals surface area contributed by atoms with Gasteiger partial charge in [-0.25, -0.2) is 27.5 Å². The van der Waals surface area contributed by atoms with Gasteiger partial charge < -0.3 is 10.4 Å². The first-order valence-corrected chi connectivity index (χ1v) is 10.6. The number of likely N-dealkylation sites (tertiary alicyclic amines) is 1. The van der Waals surface area contributed by atoms with E-state index >= 15 is 0 Å². The van der Waals surface area contributed by atoms with E-state index in [1.807, 2.05) is 6.07 Å². The van der Waals surface area contributed by atoms with Crippen molar-refractivity contribution < 1.29 is 27.5 Å². The van der Waals surface area contributed by atoms with Gasteiger partial charge in [0.1, 0.15) is 11.6 Å². The van der Waals surface area contributed by atoms with E-state index in [0.29, 0.717) is 5.01 Å². The number of hydrogen-bond donors (Lipinski definition) is 2. The van der Waals surface area contributed by atoms with Crippen molar-refractivity contribution in [3.05, 3.63) is 63.3 Å². The van der Waals surface area contributed by atoms with Crippen molar-refractivity contribution >= 4 is 23.1 Å². The summed E-state index contributed by atoms with van der Waals surface area (Å²) >= 11 is 1.22. The van der Waals surface area contributed by atoms with Gasteiger partial charge in [-0.2, -0.15) is 5.26 Å². The second-order valence-corrected chi connectivity index (χ2v) is 8.80. The van der Waals surface area contributed by atoms with Crippen LogP contribution >= 0.6 is 11.3 Å². The number of alkyl halides is 2. The van der Waals surface area contributed by atoms with Crippen molar-refractivity contribution in [2.45, 2.75) is 30.8 Å². The highest BCUT2D eigenvalue weighted by Gasteiger charge is 2.49. The lowest BCUT2D eigenvalue weighted by atomic mass is 9.82. The maximum absolute atomic E-state index is 14.1. The molecule has 2 aromatic rings. The molecule has 2 N–H and O–H groups in total. The summed E-state index contributed by atoms with van der Waals surface area (Å²) < 4.78 is 55.7. The van der Waals surface area contributed by atoms with E-state index in [1.165, 1.54) is 30.5 Å². The van der Waals surface area contributed by atoms with Crippen molar-refractivity contribution in [3.63, 3.8) is 0 Å². The Labute approximate surface area is 189 Å². The van der Waals surface area contributed by atoms with Crippen molar-refractivity contribution in [3.8, 4) is 6.07 Å². The minimum Gasteiger partial charge on any atom is -0.480 e. The smallest absolute Gasteiger partial charge is 0.321 e. The van der Waals surface area contributed by atoms with E-state index in [1.54, 1.807) is 5.38 Å². The number of carboxylic acids is 1. The molecule has 3 heterocycles. The van der Waals surface area contributed by atoms with Gasteiger partial charge in [0.05, 0.1) is 18.2 Å². The summed E-state index contributed by atoms with van der Waals surface area (Å²) in [5, 5.41) is 24.4. The van der Waals surface area contributed by atoms with E-state index < -0.39 is 48.1 Å². The van der Waals surface area contributed by atoms with Crippen LogP contribution in [-0.2, 0) is 10.3 Å². The normalized spacial score (nSPS) is 24.8. The Morgan fingerprint density at radius 3 is 2.76 bits per heavy atom. The number of carboxylic acid groups (broad SMARTS) is 1. The number of benzene rings is 1. The SMILES string of the molecule is CC1(c2ccc(F)c(F)c2)N=C(c2nccs2)NC(CN2CC(F)(F)CC2C(=O)O)=C1C#N. The van der Waals surface area contributed by atoms with Gasteiger partial charge >= 0.3 is 5.97 Å². The molecule has 0 spiro atoms. The third-order valence-electron chi connectivity index (χ3n) is 5.64. The number of rotatable bonds is 5. The number of nitriles is 1. The molecule has 1 fully saturated rings. The topological polar surface area (TPSA) is 102 Å². The van der Waals surface area contributed by atoms with Crippen LogP contribution in [0.1, 0.15) is 23.9 Å². The average Bonchev–Trinajstić information content (AvgIpc) is 3.37. The Morgan fingerprint density at radius 2 is 2.15 bits per heavy atom. The van der Waals surface area contributed by atoms with Crippen LogP contribution in [0.3, 0.4) is 0 Å². The first-order valence-electron chi connectivity index (χ1n) is 9.75. The van der Waals surface area contributed by atoms with Gasteiger partial charge in [-0.3, -0.25) is 9.69 Å². The molecule has 1 aromatic heterocycles. The summed E-state index contributed by atoms with van der Waals surface area (Å²) in [6, 6.07) is 3.66. The summed E-state index contributed by atoms with van der Waals surface area (Å²) in [5.41, 5.74) is -1.25. The van der Waals surface area contributed by atoms with Crippen molar-refractivity contribution in [2.24, 2.45) is 4.99 Å². The van der Waals surface area contributed by atoms with Gasteiger partial charge in [-0.15, -0.1) is 11.3 Å². The number of aliphatic imine (C=N–C) groups is 1. The fourth-order valence-electron chi connectivity index (χ4n) is 4.05. The molecule has 2 aliphatic rings. The molecule has 33 heavy (non-hydrogen) atoms. The Kier molecular flexibility index (Phi) is 5.71. The number of aliphatic carboxylic acids is 1. The lowest BCUT2D eigenvalue weighted by molar-refractivity contribution is -0.142. The third kappa shape index (κ3) is 4.21. The number of carbonyl (C=O) groups is 1. The van der Waals surface area contributed by atoms with Gasteiger partial charge in [-0.1, -0.05) is 6.07 Å². The number of thiazole rings is 1. The molecule has 0 amide bonds. The fraction of sp³-hybridized carbons (Fsp3) is 0.333. The summed E-state index contributed by atoms with van der Waals surface area (Å²) in [7, 11) is 0. The Bertz CT molecular complexity index is 1210. The highest BCUT2D eigenvalue weighted by atomic mass is 32.1. The first-order chi connectivity index (χ1) is 15.5. The lowest BCUT2D eigenvalue weighted by Crippen LogP contribution is -2.45. The second-order valence-electron chi connectivity index (χ2n) is 7.91. The van der Waals surface area contributed by atoms with E-state index in [9.17, 15) is 32.7 Å². The Morgan fingerprint density at radius 1 is 1.39 bits per heavy atom. The molecular formula is C21H17F4N5O2S. The lowest BCUT2D eigenvalue weighted by Gasteiger charge is -2.34. The number of hydrogen-bond acceptors (Lipinski definition) is 7. The minimum absolute atomic E-state index is 0.0341. The standard InChI is InChI=1S/C21H17F4N5O2S/c1-20(11-2-3-13(22)14(23)6-11)12(8-26)15(28-17(29-20)18-27-4-5-33-18)9-30-10-21(24,25)7-16(30)19(31)32/h2-6,16H,7,9-10H2,1H3,(H,28,29)(H,31,32). The van der Waals surface area contributed by atoms with E-state index in [0.717, 1.165) is 17.0 Å². The van der Waals surface area contributed by atoms with E-state index in [-0.39, 0.29) is 29.2 Å². The molecule has 7 nitrogen and oxygen atoms in total. The summed E-state index contributed by atoms with van der Waals surface area (Å²) in [6.07, 6.45) is 0.662. The van der Waals surface area contributed by atoms with Crippen LogP contribution in [0, 0.1) is 23.0 Å². The number of nitrogens with one attached hydrogen (secondary N) is 1. The molecule has 0 saturated carbocycles. The number of amidine groups is 1. The Balaban J connectivity index is 1.83. The largest absolute Gasteiger partial charge is 0.480 e. The molecule has 0 aliphatic carbocycles. The van der Waals surface area contributed by atoms with Gasteiger partial charge in [0, 0.05) is 30.2 Å². The number of nitrogens with zero attached hydrogens (tertiary/aromatic N) is 4. The average molecular weight is 479 g/mol. The summed E-state index contributed by atoms with van der Waals surface area (Å²) in [5.74, 6) is -6.63. The van der Waals surface area contributed by atoms with Crippen LogP contribution in [0.25, 0.3) is 0 Å². The number of aromatic nitrogens is 1. The van der Waals surface area contributed by atoms with Crippen LogP contribution in [0.2, 0.25) is 0 Å². The maximum atomic E-state index is 14.1. The molecule has 12 heteroatoms. The zero-order valence-electron chi connectivity index (χ0n) is 17.1. The molecule has 0 bridgehead atoms. The van der Waals surface area contributed by atoms with Crippen LogP contribution in [0.5, 0.6) is 0 Å². The molecule has 2 aliphatic heterocycles. The maximum Gasteiger partial charge on any atom is 0.321 e. The van der Waals surface area contributed by atoms with Gasteiger partial charge in [0.15, 0.2) is 22.5 Å². The molecule has 2 unspecified atom stereocenters. The van der Waals surface area contributed by atoms with Gasteiger partial charge in [0.2, 0.25) is 0 Å². The number of halogens is 4. The van der Waals surface area contributed by atoms with Crippen LogP contribution in [0.15, 0.2) is 46.0 Å². The van der Waals surface area contributed by atoms with Crippen LogP contribution < -0.4 is 5.32 Å². The molecule has 172 valence electrons. The zero-order chi connectivity index (χ0) is 24.0. The Hall–Kier alpha value is -3.30. The fourth-order valence-corrected chi connectivity index (χ4v) is 4.63. The molecule has 0 radical (unpaired) electrons. The summed E-state index contributed by atoms with van der Waals surface area (Å²) in [4.78, 5) is 21.4. The highest BCUT2D eigenvalue weighted by molar-refractivity contribution is 7.11. The van der Waals surface area contributed by atoms with Crippen molar-refractivity contribution in [2.75, 3.05) is 13.1 Å². The molecule has 1 saturated heterocycles. The summed E-state index contributed by atoms with van der Waals surface area (Å²) in [6.45, 7) is 0.387. The monoisotopic (exact) mass is 479 g/mol. The van der Waals surface area contributed by atoms with Crippen LogP contribution in [0.4, 0.5) is 17.6 Å². The quantitative estimate of drug-likeness (QED) is 0.639. The second kappa shape index (κ2) is 8.24. The molecule has 1 aromatic carbocycles. The third-order valence-corrected chi connectivity index (χ3v) is 6.41. The van der Waals surface area contributed by atoms with Gasteiger partial charge in [-0.05, 0) is 24.6 Å². The molecule has 4 rings (SSSR count). The van der Waals surface area contributed by atoms with E-state index in [4.69, 9.17) is 0 Å². The minimum atomic E-state index is -3.21. The van der Waals surface area contributed by atoms with E-state index in [2.05, 4.69) is 15.3 Å². The van der Waals surface area contributed by atoms with Crippen LogP contribution in [-0.4, -0.2) is 51.8 Å². The van der Waals surface area contributed by atoms with Crippen molar-refractivity contribution in [1.29, 1.82) is 5.26 Å². The highest BCUT2D eigenvalue weighted by Crippen LogP contribution is 2.40. The predicted octanol–water partition coefficient (Wildman–Crippen LogP) is 3.26. The molecular weight excluding hydrogens is 462 g/mol. The predicted molar refractivity (Wildman–Crippen MR) is 111 cm³/mol.